The normalized spacial score (nSPS) is 25.4. The van der Waals surface area contributed by atoms with Gasteiger partial charge in [-0.25, -0.2) is 0 Å². The maximum absolute atomic E-state index is 7.79. The van der Waals surface area contributed by atoms with Crippen LogP contribution in [0.15, 0.2) is 24.3 Å². The Morgan fingerprint density at radius 3 is 2.06 bits per heavy atom. The second-order valence-corrected chi connectivity index (χ2v) is 4.21. The van der Waals surface area contributed by atoms with Crippen molar-refractivity contribution in [2.75, 3.05) is 14.2 Å². The molecule has 0 radical (unpaired) electrons. The van der Waals surface area contributed by atoms with Gasteiger partial charge in [0, 0.05) is 0 Å². The fraction of sp³-hybridized carbons (Fsp3) is 0.385. The van der Waals surface area contributed by atoms with E-state index in [-0.39, 0.29) is 11.8 Å². The molecule has 5 nitrogen and oxygen atoms in total. The third-order valence-electron chi connectivity index (χ3n) is 3.08. The van der Waals surface area contributed by atoms with Gasteiger partial charge >= 0.3 is 0 Å². The zero-order valence-corrected chi connectivity index (χ0v) is 10.6. The van der Waals surface area contributed by atoms with Crippen LogP contribution in [-0.4, -0.2) is 31.6 Å². The Morgan fingerprint density at radius 1 is 1.11 bits per heavy atom. The van der Waals surface area contributed by atoms with Crippen molar-refractivity contribution in [1.82, 2.24) is 0 Å². The summed E-state index contributed by atoms with van der Waals surface area (Å²) >= 11 is 0. The van der Waals surface area contributed by atoms with Gasteiger partial charge in [-0.15, -0.1) is 0 Å². The molecule has 1 saturated heterocycles. The number of hydrogen-bond donors (Lipinski definition) is 2. The van der Waals surface area contributed by atoms with Gasteiger partial charge in [0.05, 0.1) is 14.2 Å². The molecular formula is C13H16N2O3. The molecule has 0 spiro atoms. The minimum Gasteiger partial charge on any atom is -0.482 e. The van der Waals surface area contributed by atoms with Crippen molar-refractivity contribution in [2.45, 2.75) is 18.6 Å². The van der Waals surface area contributed by atoms with Crippen molar-refractivity contribution >= 4 is 11.8 Å². The highest BCUT2D eigenvalue weighted by Crippen LogP contribution is 2.51. The minimum atomic E-state index is -1.20. The summed E-state index contributed by atoms with van der Waals surface area (Å²) in [6.07, 6.45) is -0.391. The molecule has 0 aromatic heterocycles. The molecule has 18 heavy (non-hydrogen) atoms. The molecule has 5 heteroatoms. The van der Waals surface area contributed by atoms with E-state index in [9.17, 15) is 0 Å². The number of hydrogen-bond acceptors (Lipinski definition) is 5. The van der Waals surface area contributed by atoms with Crippen molar-refractivity contribution in [3.8, 4) is 0 Å². The van der Waals surface area contributed by atoms with E-state index in [1.165, 1.54) is 14.2 Å². The van der Waals surface area contributed by atoms with E-state index < -0.39 is 11.7 Å². The van der Waals surface area contributed by atoms with E-state index in [0.717, 1.165) is 11.1 Å². The van der Waals surface area contributed by atoms with Crippen molar-refractivity contribution < 1.29 is 14.2 Å². The van der Waals surface area contributed by atoms with Gasteiger partial charge in [0.15, 0.2) is 0 Å². The molecular weight excluding hydrogens is 232 g/mol. The fourth-order valence-corrected chi connectivity index (χ4v) is 1.95. The molecule has 1 aromatic carbocycles. The van der Waals surface area contributed by atoms with Crippen molar-refractivity contribution in [3.63, 3.8) is 0 Å². The lowest BCUT2D eigenvalue weighted by Crippen LogP contribution is -2.36. The molecule has 1 fully saturated rings. The van der Waals surface area contributed by atoms with Gasteiger partial charge in [-0.3, -0.25) is 10.8 Å². The summed E-state index contributed by atoms with van der Waals surface area (Å²) in [4.78, 5) is 0. The van der Waals surface area contributed by atoms with Crippen LogP contribution in [0.1, 0.15) is 17.2 Å². The number of aryl methyl sites for hydroxylation is 1. The van der Waals surface area contributed by atoms with Gasteiger partial charge in [-0.2, -0.15) is 0 Å². The van der Waals surface area contributed by atoms with Crippen LogP contribution in [0.3, 0.4) is 0 Å². The summed E-state index contributed by atoms with van der Waals surface area (Å²) in [6, 6.07) is 7.78. The summed E-state index contributed by atoms with van der Waals surface area (Å²) in [7, 11) is 2.78. The highest BCUT2D eigenvalue weighted by molar-refractivity contribution is 6.09. The van der Waals surface area contributed by atoms with Crippen molar-refractivity contribution in [2.24, 2.45) is 0 Å². The van der Waals surface area contributed by atoms with E-state index in [2.05, 4.69) is 0 Å². The highest BCUT2D eigenvalue weighted by Gasteiger charge is 2.67. The number of methoxy groups -OCH3 is 2. The summed E-state index contributed by atoms with van der Waals surface area (Å²) in [5.74, 6) is -0.222. The van der Waals surface area contributed by atoms with Crippen LogP contribution in [0.25, 0.3) is 0 Å². The first-order valence-corrected chi connectivity index (χ1v) is 5.56. The molecule has 2 N–H and O–H groups in total. The van der Waals surface area contributed by atoms with Crippen LogP contribution in [-0.2, 0) is 14.2 Å². The number of nitrogens with one attached hydrogen (secondary N) is 2. The predicted octanol–water partition coefficient (Wildman–Crippen LogP) is 2.05. The number of ether oxygens (including phenoxy) is 3. The zero-order chi connectivity index (χ0) is 13.3. The van der Waals surface area contributed by atoms with Crippen LogP contribution < -0.4 is 0 Å². The lowest BCUT2D eigenvalue weighted by molar-refractivity contribution is 0.288. The Hall–Kier alpha value is -1.88. The summed E-state index contributed by atoms with van der Waals surface area (Å²) < 4.78 is 15.4. The van der Waals surface area contributed by atoms with Crippen LogP contribution in [0.2, 0.25) is 0 Å². The Balaban J connectivity index is 2.30. The molecule has 96 valence electrons. The maximum atomic E-state index is 7.79. The van der Waals surface area contributed by atoms with E-state index in [1.807, 2.05) is 31.2 Å². The van der Waals surface area contributed by atoms with Crippen molar-refractivity contribution in [3.05, 3.63) is 35.4 Å². The van der Waals surface area contributed by atoms with Gasteiger partial charge in [-0.1, -0.05) is 29.8 Å². The molecule has 1 heterocycles. The first kappa shape index (κ1) is 12.6. The average molecular weight is 248 g/mol. The third-order valence-corrected chi connectivity index (χ3v) is 3.08. The van der Waals surface area contributed by atoms with Gasteiger partial charge < -0.3 is 14.2 Å². The largest absolute Gasteiger partial charge is 0.482 e. The van der Waals surface area contributed by atoms with E-state index in [0.29, 0.717) is 0 Å². The van der Waals surface area contributed by atoms with Gasteiger partial charge in [0.2, 0.25) is 17.4 Å². The third kappa shape index (κ3) is 1.76. The second kappa shape index (κ2) is 4.42. The van der Waals surface area contributed by atoms with Crippen LogP contribution in [0.5, 0.6) is 0 Å². The molecule has 1 aromatic rings. The number of epoxide rings is 1. The molecule has 0 bridgehead atoms. The molecule has 0 saturated carbocycles. The SMILES string of the molecule is COC(=N)C1(C(=N)OC)OC1c1ccc(C)cc1. The Morgan fingerprint density at radius 2 is 1.61 bits per heavy atom. The average Bonchev–Trinajstić information content (AvgIpc) is 3.14. The molecule has 2 rings (SSSR count). The summed E-state index contributed by atoms with van der Waals surface area (Å²) in [5, 5.41) is 15.6. The maximum Gasteiger partial charge on any atom is 0.249 e. The highest BCUT2D eigenvalue weighted by atomic mass is 16.7. The fourth-order valence-electron chi connectivity index (χ4n) is 1.95. The van der Waals surface area contributed by atoms with Gasteiger partial charge in [0.25, 0.3) is 0 Å². The standard InChI is InChI=1S/C13H16N2O3/c1-8-4-6-9(7-5-8)10-13(18-10,11(14)16-2)12(15)17-3/h4-7,10,14-15H,1-3H3. The van der Waals surface area contributed by atoms with Crippen LogP contribution in [0.4, 0.5) is 0 Å². The number of rotatable bonds is 3. The molecule has 1 atom stereocenters. The Labute approximate surface area is 106 Å². The van der Waals surface area contributed by atoms with Crippen molar-refractivity contribution in [1.29, 1.82) is 10.8 Å². The smallest absolute Gasteiger partial charge is 0.249 e. The summed E-state index contributed by atoms with van der Waals surface area (Å²) in [6.45, 7) is 2.00. The lowest BCUT2D eigenvalue weighted by Gasteiger charge is -2.13. The number of benzene rings is 1. The molecule has 1 unspecified atom stereocenters. The first-order chi connectivity index (χ1) is 8.56. The Kier molecular flexibility index (Phi) is 3.09. The second-order valence-electron chi connectivity index (χ2n) is 4.21. The molecule has 0 amide bonds. The zero-order valence-electron chi connectivity index (χ0n) is 10.6. The monoisotopic (exact) mass is 248 g/mol. The topological polar surface area (TPSA) is 78.7 Å². The molecule has 0 aliphatic carbocycles. The quantitative estimate of drug-likeness (QED) is 0.488. The van der Waals surface area contributed by atoms with Gasteiger partial charge in [0.1, 0.15) is 6.10 Å². The predicted molar refractivity (Wildman–Crippen MR) is 67.2 cm³/mol. The minimum absolute atomic E-state index is 0.111. The molecule has 1 aliphatic heterocycles. The van der Waals surface area contributed by atoms with E-state index in [4.69, 9.17) is 25.0 Å². The van der Waals surface area contributed by atoms with Crippen LogP contribution in [0, 0.1) is 17.7 Å². The molecule has 1 aliphatic rings. The Bertz CT molecular complexity index is 466. The summed E-state index contributed by atoms with van der Waals surface area (Å²) in [5.41, 5.74) is 0.858. The van der Waals surface area contributed by atoms with E-state index in [1.54, 1.807) is 0 Å². The lowest BCUT2D eigenvalue weighted by atomic mass is 9.98. The first-order valence-electron chi connectivity index (χ1n) is 5.56. The van der Waals surface area contributed by atoms with Gasteiger partial charge in [-0.05, 0) is 12.5 Å². The van der Waals surface area contributed by atoms with E-state index >= 15 is 0 Å². The van der Waals surface area contributed by atoms with Crippen LogP contribution >= 0.6 is 0 Å².